The van der Waals surface area contributed by atoms with Crippen molar-refractivity contribution in [3.8, 4) is 0 Å². The second-order valence-corrected chi connectivity index (χ2v) is 5.38. The molecule has 0 bridgehead atoms. The SMILES string of the molecule is C=CCCCCCC(Cc1ccccc1Cl)NCC. The van der Waals surface area contributed by atoms with Crippen LogP contribution in [-0.4, -0.2) is 12.6 Å². The Labute approximate surface area is 123 Å². The Morgan fingerprint density at radius 2 is 2.05 bits per heavy atom. The van der Waals surface area contributed by atoms with Crippen LogP contribution in [0, 0.1) is 0 Å². The maximum Gasteiger partial charge on any atom is 0.0438 e. The predicted molar refractivity (Wildman–Crippen MR) is 85.9 cm³/mol. The van der Waals surface area contributed by atoms with Gasteiger partial charge in [0.25, 0.3) is 0 Å². The molecule has 0 aliphatic carbocycles. The molecule has 1 atom stereocenters. The lowest BCUT2D eigenvalue weighted by Crippen LogP contribution is -2.31. The van der Waals surface area contributed by atoms with E-state index in [4.69, 9.17) is 11.6 Å². The van der Waals surface area contributed by atoms with Crippen molar-refractivity contribution in [1.82, 2.24) is 5.32 Å². The molecule has 2 heteroatoms. The Morgan fingerprint density at radius 3 is 2.74 bits per heavy atom. The molecule has 0 radical (unpaired) electrons. The number of rotatable bonds is 10. The zero-order valence-electron chi connectivity index (χ0n) is 12.0. The molecule has 0 spiro atoms. The van der Waals surface area contributed by atoms with E-state index in [9.17, 15) is 0 Å². The van der Waals surface area contributed by atoms with Gasteiger partial charge in [-0.25, -0.2) is 0 Å². The Morgan fingerprint density at radius 1 is 1.26 bits per heavy atom. The molecule has 106 valence electrons. The minimum Gasteiger partial charge on any atom is -0.314 e. The minimum absolute atomic E-state index is 0.536. The van der Waals surface area contributed by atoms with E-state index < -0.39 is 0 Å². The van der Waals surface area contributed by atoms with Crippen LogP contribution in [-0.2, 0) is 6.42 Å². The average molecular weight is 280 g/mol. The second-order valence-electron chi connectivity index (χ2n) is 4.98. The molecule has 1 aromatic carbocycles. The van der Waals surface area contributed by atoms with Gasteiger partial charge in [0.2, 0.25) is 0 Å². The van der Waals surface area contributed by atoms with Gasteiger partial charge >= 0.3 is 0 Å². The Bertz CT molecular complexity index is 362. The summed E-state index contributed by atoms with van der Waals surface area (Å²) in [4.78, 5) is 0. The first-order valence-electron chi connectivity index (χ1n) is 7.35. The summed E-state index contributed by atoms with van der Waals surface area (Å²) in [6.07, 6.45) is 9.20. The largest absolute Gasteiger partial charge is 0.314 e. The van der Waals surface area contributed by atoms with Crippen molar-refractivity contribution >= 4 is 11.6 Å². The van der Waals surface area contributed by atoms with Gasteiger partial charge in [-0.2, -0.15) is 0 Å². The summed E-state index contributed by atoms with van der Waals surface area (Å²) >= 11 is 6.23. The molecular weight excluding hydrogens is 254 g/mol. The number of hydrogen-bond acceptors (Lipinski definition) is 1. The Balaban J connectivity index is 2.39. The summed E-state index contributed by atoms with van der Waals surface area (Å²) in [5, 5.41) is 4.46. The highest BCUT2D eigenvalue weighted by molar-refractivity contribution is 6.31. The normalized spacial score (nSPS) is 12.3. The van der Waals surface area contributed by atoms with Crippen LogP contribution >= 0.6 is 11.6 Å². The van der Waals surface area contributed by atoms with Crippen LogP contribution in [0.1, 0.15) is 44.6 Å². The molecule has 0 saturated heterocycles. The highest BCUT2D eigenvalue weighted by atomic mass is 35.5. The lowest BCUT2D eigenvalue weighted by atomic mass is 10.00. The Kier molecular flexibility index (Phi) is 8.61. The monoisotopic (exact) mass is 279 g/mol. The van der Waals surface area contributed by atoms with Crippen LogP contribution in [0.2, 0.25) is 5.02 Å². The maximum atomic E-state index is 6.23. The first-order chi connectivity index (χ1) is 9.27. The van der Waals surface area contributed by atoms with E-state index in [1.54, 1.807) is 0 Å². The molecule has 1 unspecified atom stereocenters. The van der Waals surface area contributed by atoms with Gasteiger partial charge in [0.15, 0.2) is 0 Å². The van der Waals surface area contributed by atoms with E-state index in [0.717, 1.165) is 24.4 Å². The number of allylic oxidation sites excluding steroid dienone is 1. The third kappa shape index (κ3) is 6.79. The van der Waals surface area contributed by atoms with E-state index in [0.29, 0.717) is 6.04 Å². The third-order valence-corrected chi connectivity index (χ3v) is 3.75. The molecule has 1 N–H and O–H groups in total. The smallest absolute Gasteiger partial charge is 0.0438 e. The molecule has 1 rings (SSSR count). The van der Waals surface area contributed by atoms with E-state index in [1.807, 2.05) is 18.2 Å². The molecule has 0 aliphatic rings. The zero-order valence-corrected chi connectivity index (χ0v) is 12.8. The van der Waals surface area contributed by atoms with Crippen molar-refractivity contribution in [3.63, 3.8) is 0 Å². The van der Waals surface area contributed by atoms with Crippen molar-refractivity contribution in [2.24, 2.45) is 0 Å². The van der Waals surface area contributed by atoms with Gasteiger partial charge in [0, 0.05) is 11.1 Å². The molecule has 0 amide bonds. The quantitative estimate of drug-likeness (QED) is 0.470. The van der Waals surface area contributed by atoms with E-state index in [2.05, 4.69) is 31.0 Å². The zero-order chi connectivity index (χ0) is 13.9. The van der Waals surface area contributed by atoms with Crippen molar-refractivity contribution in [3.05, 3.63) is 47.5 Å². The average Bonchev–Trinajstić information content (AvgIpc) is 2.41. The molecule has 19 heavy (non-hydrogen) atoms. The Hall–Kier alpha value is -0.790. The van der Waals surface area contributed by atoms with Gasteiger partial charge in [0.05, 0.1) is 0 Å². The van der Waals surface area contributed by atoms with Crippen LogP contribution in [0.15, 0.2) is 36.9 Å². The van der Waals surface area contributed by atoms with Gasteiger partial charge < -0.3 is 5.32 Å². The first-order valence-corrected chi connectivity index (χ1v) is 7.73. The predicted octanol–water partition coefficient (Wildman–Crippen LogP) is 5.00. The topological polar surface area (TPSA) is 12.0 Å². The summed E-state index contributed by atoms with van der Waals surface area (Å²) in [5.74, 6) is 0. The summed E-state index contributed by atoms with van der Waals surface area (Å²) in [6, 6.07) is 8.69. The fourth-order valence-corrected chi connectivity index (χ4v) is 2.56. The van der Waals surface area contributed by atoms with Gasteiger partial charge in [-0.15, -0.1) is 6.58 Å². The molecule has 1 nitrogen and oxygen atoms in total. The first kappa shape index (κ1) is 16.3. The van der Waals surface area contributed by atoms with Gasteiger partial charge in [0.1, 0.15) is 0 Å². The molecule has 0 saturated carbocycles. The lowest BCUT2D eigenvalue weighted by molar-refractivity contribution is 0.465. The van der Waals surface area contributed by atoms with Crippen molar-refractivity contribution in [2.45, 2.75) is 51.5 Å². The van der Waals surface area contributed by atoms with Crippen molar-refractivity contribution in [2.75, 3.05) is 6.54 Å². The second kappa shape index (κ2) is 10.1. The van der Waals surface area contributed by atoms with Crippen LogP contribution in [0.3, 0.4) is 0 Å². The fourth-order valence-electron chi connectivity index (χ4n) is 2.35. The number of halogens is 1. The van der Waals surface area contributed by atoms with Crippen LogP contribution in [0.4, 0.5) is 0 Å². The number of unbranched alkanes of at least 4 members (excludes halogenated alkanes) is 3. The molecule has 0 aromatic heterocycles. The summed E-state index contributed by atoms with van der Waals surface area (Å²) in [5.41, 5.74) is 1.25. The lowest BCUT2D eigenvalue weighted by Gasteiger charge is -2.18. The van der Waals surface area contributed by atoms with Crippen LogP contribution < -0.4 is 5.32 Å². The van der Waals surface area contributed by atoms with E-state index in [-0.39, 0.29) is 0 Å². The van der Waals surface area contributed by atoms with Crippen molar-refractivity contribution in [1.29, 1.82) is 0 Å². The standard InChI is InChI=1S/C17H26ClN/c1-3-5-6-7-8-12-16(19-4-2)14-15-11-9-10-13-17(15)18/h3,9-11,13,16,19H,1,4-8,12,14H2,2H3. The molecular formula is C17H26ClN. The van der Waals surface area contributed by atoms with E-state index in [1.165, 1.54) is 31.2 Å². The van der Waals surface area contributed by atoms with Gasteiger partial charge in [-0.1, -0.05) is 55.6 Å². The summed E-state index contributed by atoms with van der Waals surface area (Å²) < 4.78 is 0. The summed E-state index contributed by atoms with van der Waals surface area (Å²) in [7, 11) is 0. The fraction of sp³-hybridized carbons (Fsp3) is 0.529. The highest BCUT2D eigenvalue weighted by Crippen LogP contribution is 2.18. The molecule has 0 fully saturated rings. The molecule has 0 aliphatic heterocycles. The van der Waals surface area contributed by atoms with Crippen LogP contribution in [0.25, 0.3) is 0 Å². The number of likely N-dealkylation sites (N-methyl/N-ethyl adjacent to an activating group) is 1. The summed E-state index contributed by atoms with van der Waals surface area (Å²) in [6.45, 7) is 6.94. The van der Waals surface area contributed by atoms with Gasteiger partial charge in [-0.3, -0.25) is 0 Å². The minimum atomic E-state index is 0.536. The molecule has 0 heterocycles. The molecule has 1 aromatic rings. The third-order valence-electron chi connectivity index (χ3n) is 3.38. The highest BCUT2D eigenvalue weighted by Gasteiger charge is 2.10. The van der Waals surface area contributed by atoms with Crippen LogP contribution in [0.5, 0.6) is 0 Å². The van der Waals surface area contributed by atoms with Crippen molar-refractivity contribution < 1.29 is 0 Å². The number of nitrogens with one attached hydrogen (secondary N) is 1. The maximum absolute atomic E-state index is 6.23. The number of hydrogen-bond donors (Lipinski definition) is 1. The van der Waals surface area contributed by atoms with E-state index >= 15 is 0 Å². The van der Waals surface area contributed by atoms with Gasteiger partial charge in [-0.05, 0) is 43.9 Å². The number of benzene rings is 1.